The summed E-state index contributed by atoms with van der Waals surface area (Å²) in [5.41, 5.74) is 0.417. The van der Waals surface area contributed by atoms with Crippen LogP contribution in [0.2, 0.25) is 0 Å². The summed E-state index contributed by atoms with van der Waals surface area (Å²) in [5.74, 6) is -1.46. The number of nitrogens with zero attached hydrogens (tertiary/aromatic N) is 5. The maximum absolute atomic E-state index is 13.5. The van der Waals surface area contributed by atoms with Gasteiger partial charge in [0.15, 0.2) is 11.7 Å². The van der Waals surface area contributed by atoms with Gasteiger partial charge < -0.3 is 19.5 Å². The first kappa shape index (κ1) is 24.1. The van der Waals surface area contributed by atoms with Crippen LogP contribution in [0, 0.1) is 0 Å². The van der Waals surface area contributed by atoms with E-state index in [0.29, 0.717) is 6.42 Å². The number of anilines is 1. The van der Waals surface area contributed by atoms with Crippen molar-refractivity contribution in [2.24, 2.45) is 0 Å². The van der Waals surface area contributed by atoms with Crippen molar-refractivity contribution in [3.63, 3.8) is 0 Å². The molecule has 1 aromatic carbocycles. The second-order valence-electron chi connectivity index (χ2n) is 7.94. The standard InChI is InChI=1S/C23H19F3N6O5/c1-12(24)36-13-3-4-18(37-23(25)26)14(9-13)19-16(11-32(30-19)17-5-8-35-22(17)34)29-21(33)15-10-28-31-7-2-6-27-20(15)31/h2-4,6-7,9-12,17,23H,5,8H2,1H3,(H,29,33)/t12?,17-/m1/s1. The van der Waals surface area contributed by atoms with Gasteiger partial charge in [-0.2, -0.15) is 19.0 Å². The Morgan fingerprint density at radius 2 is 2.11 bits per heavy atom. The lowest BCUT2D eigenvalue weighted by Gasteiger charge is -2.14. The molecule has 2 atom stereocenters. The van der Waals surface area contributed by atoms with Crippen LogP contribution < -0.4 is 14.8 Å². The van der Waals surface area contributed by atoms with Crippen molar-refractivity contribution >= 4 is 23.2 Å². The lowest BCUT2D eigenvalue weighted by atomic mass is 10.1. The smallest absolute Gasteiger partial charge is 0.387 e. The van der Waals surface area contributed by atoms with E-state index in [1.807, 2.05) is 0 Å². The molecular formula is C23H19F3N6O5. The van der Waals surface area contributed by atoms with Gasteiger partial charge in [0, 0.05) is 25.7 Å². The number of amides is 1. The normalized spacial score (nSPS) is 16.1. The number of ether oxygens (including phenoxy) is 3. The topological polar surface area (TPSA) is 122 Å². The first-order valence-corrected chi connectivity index (χ1v) is 11.1. The summed E-state index contributed by atoms with van der Waals surface area (Å²) in [6.45, 7) is -1.86. The first-order valence-electron chi connectivity index (χ1n) is 11.1. The molecule has 4 heterocycles. The number of fused-ring (bicyclic) bond motifs is 1. The predicted octanol–water partition coefficient (Wildman–Crippen LogP) is 3.63. The quantitative estimate of drug-likeness (QED) is 0.353. The molecule has 1 aliphatic rings. The van der Waals surface area contributed by atoms with Gasteiger partial charge >= 0.3 is 12.6 Å². The summed E-state index contributed by atoms with van der Waals surface area (Å²) >= 11 is 0. The Morgan fingerprint density at radius 3 is 2.84 bits per heavy atom. The Balaban J connectivity index is 1.60. The zero-order valence-corrected chi connectivity index (χ0v) is 19.2. The summed E-state index contributed by atoms with van der Waals surface area (Å²) < 4.78 is 57.3. The fourth-order valence-electron chi connectivity index (χ4n) is 3.90. The van der Waals surface area contributed by atoms with Gasteiger partial charge in [-0.05, 0) is 24.3 Å². The van der Waals surface area contributed by atoms with Crippen LogP contribution in [0.15, 0.2) is 49.1 Å². The molecule has 0 radical (unpaired) electrons. The molecule has 0 bridgehead atoms. The van der Waals surface area contributed by atoms with Crippen LogP contribution in [0.1, 0.15) is 29.7 Å². The number of nitrogens with one attached hydrogen (secondary N) is 1. The molecule has 1 saturated heterocycles. The molecule has 5 rings (SSSR count). The average Bonchev–Trinajstić information content (AvgIpc) is 3.57. The third kappa shape index (κ3) is 4.90. The molecule has 0 saturated carbocycles. The monoisotopic (exact) mass is 516 g/mol. The Kier molecular flexibility index (Phi) is 6.38. The van der Waals surface area contributed by atoms with E-state index >= 15 is 0 Å². The zero-order valence-electron chi connectivity index (χ0n) is 19.2. The summed E-state index contributed by atoms with van der Waals surface area (Å²) in [6, 6.07) is 4.52. The number of hydrogen-bond acceptors (Lipinski definition) is 8. The molecule has 4 aromatic rings. The van der Waals surface area contributed by atoms with Crippen molar-refractivity contribution in [2.45, 2.75) is 32.4 Å². The van der Waals surface area contributed by atoms with Crippen LogP contribution in [-0.2, 0) is 9.53 Å². The average molecular weight is 516 g/mol. The van der Waals surface area contributed by atoms with E-state index in [-0.39, 0.29) is 46.3 Å². The lowest BCUT2D eigenvalue weighted by Crippen LogP contribution is -2.15. The van der Waals surface area contributed by atoms with Gasteiger partial charge in [0.25, 0.3) is 5.91 Å². The number of esters is 1. The van der Waals surface area contributed by atoms with Gasteiger partial charge in [-0.25, -0.2) is 18.7 Å². The molecule has 1 unspecified atom stereocenters. The number of rotatable bonds is 8. The van der Waals surface area contributed by atoms with Gasteiger partial charge in [-0.1, -0.05) is 0 Å². The van der Waals surface area contributed by atoms with Crippen LogP contribution >= 0.6 is 0 Å². The summed E-state index contributed by atoms with van der Waals surface area (Å²) in [5, 5.41) is 11.1. The van der Waals surface area contributed by atoms with E-state index in [0.717, 1.165) is 6.92 Å². The fraction of sp³-hybridized carbons (Fsp3) is 0.261. The van der Waals surface area contributed by atoms with E-state index in [4.69, 9.17) is 9.47 Å². The maximum atomic E-state index is 13.5. The van der Waals surface area contributed by atoms with Crippen molar-refractivity contribution < 1.29 is 37.0 Å². The second kappa shape index (κ2) is 9.79. The zero-order chi connectivity index (χ0) is 26.1. The van der Waals surface area contributed by atoms with Crippen molar-refractivity contribution in [3.05, 3.63) is 54.6 Å². The highest BCUT2D eigenvalue weighted by Crippen LogP contribution is 2.39. The maximum Gasteiger partial charge on any atom is 0.387 e. The van der Waals surface area contributed by atoms with Gasteiger partial charge in [-0.15, -0.1) is 0 Å². The molecule has 1 N–H and O–H groups in total. The highest BCUT2D eigenvalue weighted by Gasteiger charge is 2.31. The van der Waals surface area contributed by atoms with Gasteiger partial charge in [0.05, 0.1) is 30.3 Å². The summed E-state index contributed by atoms with van der Waals surface area (Å²) in [6.07, 6.45) is 4.42. The summed E-state index contributed by atoms with van der Waals surface area (Å²) in [7, 11) is 0. The molecule has 1 amide bonds. The minimum absolute atomic E-state index is 0.00514. The SMILES string of the molecule is CC(F)Oc1ccc(OC(F)F)c(-c2nn([C@@H]3CCOC3=O)cc2NC(=O)c2cnn3cccnc23)c1. The predicted molar refractivity (Wildman–Crippen MR) is 121 cm³/mol. The van der Waals surface area contributed by atoms with Gasteiger partial charge in [0.1, 0.15) is 22.8 Å². The molecule has 1 fully saturated rings. The number of benzene rings is 1. The third-order valence-electron chi connectivity index (χ3n) is 5.45. The van der Waals surface area contributed by atoms with Crippen molar-refractivity contribution in [1.29, 1.82) is 0 Å². The van der Waals surface area contributed by atoms with E-state index < -0.39 is 30.9 Å². The number of aromatic nitrogens is 5. The third-order valence-corrected chi connectivity index (χ3v) is 5.45. The Bertz CT molecular complexity index is 1470. The molecule has 37 heavy (non-hydrogen) atoms. The minimum atomic E-state index is -3.18. The van der Waals surface area contributed by atoms with Crippen LogP contribution in [0.25, 0.3) is 16.9 Å². The number of alkyl halides is 3. The number of halogens is 3. The number of carbonyl (C=O) groups is 2. The highest BCUT2D eigenvalue weighted by atomic mass is 19.3. The molecule has 1 aliphatic heterocycles. The lowest BCUT2D eigenvalue weighted by molar-refractivity contribution is -0.140. The van der Waals surface area contributed by atoms with Gasteiger partial charge in [0.2, 0.25) is 6.36 Å². The summed E-state index contributed by atoms with van der Waals surface area (Å²) in [4.78, 5) is 29.5. The van der Waals surface area contributed by atoms with E-state index in [1.54, 1.807) is 12.3 Å². The van der Waals surface area contributed by atoms with Crippen LogP contribution in [-0.4, -0.2) is 55.8 Å². The molecule has 3 aromatic heterocycles. The van der Waals surface area contributed by atoms with E-state index in [2.05, 4.69) is 25.2 Å². The molecule has 11 nitrogen and oxygen atoms in total. The second-order valence-corrected chi connectivity index (χ2v) is 7.94. The van der Waals surface area contributed by atoms with Crippen molar-refractivity contribution in [3.8, 4) is 22.8 Å². The largest absolute Gasteiger partial charge is 0.464 e. The molecular weight excluding hydrogens is 497 g/mol. The van der Waals surface area contributed by atoms with E-state index in [1.165, 1.54) is 46.0 Å². The Hall–Kier alpha value is -4.62. The molecule has 0 aliphatic carbocycles. The Morgan fingerprint density at radius 1 is 1.27 bits per heavy atom. The fourth-order valence-corrected chi connectivity index (χ4v) is 3.90. The van der Waals surface area contributed by atoms with E-state index in [9.17, 15) is 22.8 Å². The molecule has 192 valence electrons. The molecule has 14 heteroatoms. The number of cyclic esters (lactones) is 1. The van der Waals surface area contributed by atoms with Crippen LogP contribution in [0.4, 0.5) is 18.9 Å². The molecule has 0 spiro atoms. The van der Waals surface area contributed by atoms with Gasteiger partial charge in [-0.3, -0.25) is 9.48 Å². The minimum Gasteiger partial charge on any atom is -0.464 e. The van der Waals surface area contributed by atoms with Crippen molar-refractivity contribution in [1.82, 2.24) is 24.4 Å². The highest BCUT2D eigenvalue weighted by molar-refractivity contribution is 6.09. The number of hydrogen-bond donors (Lipinski definition) is 1. The Labute approximate surface area is 206 Å². The first-order chi connectivity index (χ1) is 17.8. The van der Waals surface area contributed by atoms with Crippen LogP contribution in [0.3, 0.4) is 0 Å². The van der Waals surface area contributed by atoms with Crippen molar-refractivity contribution in [2.75, 3.05) is 11.9 Å². The number of carbonyl (C=O) groups excluding carboxylic acids is 2. The van der Waals surface area contributed by atoms with Crippen LogP contribution in [0.5, 0.6) is 11.5 Å².